The van der Waals surface area contributed by atoms with Gasteiger partial charge in [-0.05, 0) is 12.0 Å². The van der Waals surface area contributed by atoms with Gasteiger partial charge in [0.2, 0.25) is 0 Å². The number of nitro groups is 1. The van der Waals surface area contributed by atoms with Gasteiger partial charge < -0.3 is 25.5 Å². The van der Waals surface area contributed by atoms with Gasteiger partial charge in [-0.15, -0.1) is 0 Å². The number of hydrogen-bond acceptors (Lipinski definition) is 12. The van der Waals surface area contributed by atoms with Crippen molar-refractivity contribution in [2.45, 2.75) is 12.5 Å². The summed E-state index contributed by atoms with van der Waals surface area (Å²) in [5, 5.41) is 57.9. The first-order valence-corrected chi connectivity index (χ1v) is 14.2. The molecule has 0 bridgehead atoms. The zero-order valence-electron chi connectivity index (χ0n) is 24.8. The van der Waals surface area contributed by atoms with E-state index in [1.165, 1.54) is 34.1 Å². The first-order valence-electron chi connectivity index (χ1n) is 14.2. The lowest BCUT2D eigenvalue weighted by Crippen LogP contribution is -2.51. The average Bonchev–Trinajstić information content (AvgIpc) is 3.01. The number of carboxylic acids is 5. The highest BCUT2D eigenvalue weighted by molar-refractivity contribution is 5.73. The van der Waals surface area contributed by atoms with Gasteiger partial charge >= 0.3 is 29.8 Å². The molecule has 1 unspecified atom stereocenters. The zero-order valence-corrected chi connectivity index (χ0v) is 24.8. The van der Waals surface area contributed by atoms with E-state index >= 15 is 0 Å². The smallest absolute Gasteiger partial charge is 0.317 e. The molecule has 1 aliphatic rings. The van der Waals surface area contributed by atoms with E-state index in [0.29, 0.717) is 51.4 Å². The Morgan fingerprint density at radius 2 is 1.18 bits per heavy atom. The number of non-ortho nitro benzene ring substituents is 1. The SMILES string of the molecule is O=C(O)CN1CCN(CCN(CC(=O)O)CC(=O)O)CCN(CC(Cc2ccc([N+](=O)[O-])cc2)N(CC(=O)O)CC(=O)O)CC1. The molecule has 1 heterocycles. The lowest BCUT2D eigenvalue weighted by molar-refractivity contribution is -0.384. The second-order valence-electron chi connectivity index (χ2n) is 10.8. The normalized spacial score (nSPS) is 16.0. The fraction of sp³-hybridized carbons (Fsp3) is 0.593. The molecule has 5 N–H and O–H groups in total. The summed E-state index contributed by atoms with van der Waals surface area (Å²) in [6.45, 7) is 0.629. The molecule has 0 amide bonds. The van der Waals surface area contributed by atoms with Crippen molar-refractivity contribution in [1.82, 2.24) is 24.5 Å². The van der Waals surface area contributed by atoms with E-state index in [-0.39, 0.29) is 31.7 Å². The highest BCUT2D eigenvalue weighted by Crippen LogP contribution is 2.17. The minimum atomic E-state index is -1.24. The molecule has 1 aliphatic heterocycles. The van der Waals surface area contributed by atoms with Gasteiger partial charge in [-0.25, -0.2) is 0 Å². The summed E-state index contributed by atoms with van der Waals surface area (Å²) < 4.78 is 0. The van der Waals surface area contributed by atoms with Gasteiger partial charge in [0.1, 0.15) is 0 Å². The molecule has 18 nitrogen and oxygen atoms in total. The number of hydrogen-bond donors (Lipinski definition) is 5. The van der Waals surface area contributed by atoms with Gasteiger partial charge in [0.25, 0.3) is 5.69 Å². The lowest BCUT2D eigenvalue weighted by Gasteiger charge is -2.35. The summed E-state index contributed by atoms with van der Waals surface area (Å²) in [5.41, 5.74) is 0.494. The molecule has 0 saturated carbocycles. The van der Waals surface area contributed by atoms with E-state index < -0.39 is 67.0 Å². The molecule has 250 valence electrons. The topological polar surface area (TPSA) is 246 Å². The molecular formula is C27H40N6O12. The number of aliphatic carboxylic acids is 5. The fourth-order valence-corrected chi connectivity index (χ4v) is 5.11. The van der Waals surface area contributed by atoms with Crippen LogP contribution in [0.5, 0.6) is 0 Å². The largest absolute Gasteiger partial charge is 0.480 e. The van der Waals surface area contributed by atoms with Crippen molar-refractivity contribution in [2.24, 2.45) is 0 Å². The van der Waals surface area contributed by atoms with Crippen molar-refractivity contribution < 1.29 is 54.4 Å². The van der Waals surface area contributed by atoms with Gasteiger partial charge in [0, 0.05) is 77.1 Å². The summed E-state index contributed by atoms with van der Waals surface area (Å²) in [5.74, 6) is -5.86. The lowest BCUT2D eigenvalue weighted by atomic mass is 10.0. The minimum absolute atomic E-state index is 0.130. The molecule has 1 aromatic carbocycles. The van der Waals surface area contributed by atoms with Crippen molar-refractivity contribution in [2.75, 3.05) is 91.6 Å². The number of carbonyl (C=O) groups is 5. The Morgan fingerprint density at radius 3 is 1.62 bits per heavy atom. The van der Waals surface area contributed by atoms with E-state index in [2.05, 4.69) is 0 Å². The first kappa shape index (κ1) is 37.0. The van der Waals surface area contributed by atoms with E-state index in [4.69, 9.17) is 10.2 Å². The predicted octanol–water partition coefficient (Wildman–Crippen LogP) is -1.55. The van der Waals surface area contributed by atoms with Crippen LogP contribution in [0.3, 0.4) is 0 Å². The standard InChI is InChI=1S/C27H40N6O12/c34-23(35)15-30-9-6-28(7-12-31(16-24(36)37)17-25(38)39)5-8-29(10-11-30)14-22(32(18-26(40)41)19-27(42)43)13-20-1-3-21(4-2-20)33(44)45/h1-4,22H,5-19H2,(H,34,35)(H,36,37)(H,38,39)(H,40,41)(H,42,43). The minimum Gasteiger partial charge on any atom is -0.480 e. The summed E-state index contributed by atoms with van der Waals surface area (Å²) in [6, 6.07) is 5.03. The van der Waals surface area contributed by atoms with Crippen LogP contribution in [-0.4, -0.2) is 182 Å². The van der Waals surface area contributed by atoms with Crippen molar-refractivity contribution in [1.29, 1.82) is 0 Å². The molecule has 0 aromatic heterocycles. The van der Waals surface area contributed by atoms with Crippen LogP contribution in [0.2, 0.25) is 0 Å². The van der Waals surface area contributed by atoms with Crippen molar-refractivity contribution in [3.8, 4) is 0 Å². The third kappa shape index (κ3) is 14.9. The van der Waals surface area contributed by atoms with Crippen molar-refractivity contribution >= 4 is 35.5 Å². The number of nitro benzene ring substituents is 1. The van der Waals surface area contributed by atoms with Crippen LogP contribution < -0.4 is 0 Å². The van der Waals surface area contributed by atoms with E-state index in [9.17, 15) is 49.4 Å². The van der Waals surface area contributed by atoms with Crippen molar-refractivity contribution in [3.05, 3.63) is 39.9 Å². The molecule has 1 fully saturated rings. The number of rotatable bonds is 19. The number of benzene rings is 1. The second-order valence-corrected chi connectivity index (χ2v) is 10.8. The molecule has 2 rings (SSSR count). The first-order chi connectivity index (χ1) is 21.2. The molecule has 0 spiro atoms. The molecule has 45 heavy (non-hydrogen) atoms. The van der Waals surface area contributed by atoms with Gasteiger partial charge in [-0.3, -0.25) is 58.6 Å². The van der Waals surface area contributed by atoms with Crippen LogP contribution in [0, 0.1) is 10.1 Å². The highest BCUT2D eigenvalue weighted by atomic mass is 16.6. The number of nitrogens with zero attached hydrogens (tertiary/aromatic N) is 6. The van der Waals surface area contributed by atoms with Gasteiger partial charge in [0.05, 0.1) is 37.6 Å². The Bertz CT molecular complexity index is 1150. The Hall–Kier alpha value is -4.23. The zero-order chi connectivity index (χ0) is 33.5. The number of carboxylic acid groups (broad SMARTS) is 5. The van der Waals surface area contributed by atoms with E-state index in [1.807, 2.05) is 9.80 Å². The van der Waals surface area contributed by atoms with Crippen molar-refractivity contribution in [3.63, 3.8) is 0 Å². The summed E-state index contributed by atoms with van der Waals surface area (Å²) in [6.07, 6.45) is 0.178. The van der Waals surface area contributed by atoms with Crippen LogP contribution >= 0.6 is 0 Å². The Morgan fingerprint density at radius 1 is 0.711 bits per heavy atom. The third-order valence-electron chi connectivity index (χ3n) is 7.29. The highest BCUT2D eigenvalue weighted by Gasteiger charge is 2.28. The average molecular weight is 641 g/mol. The summed E-state index contributed by atoms with van der Waals surface area (Å²) in [7, 11) is 0. The van der Waals surface area contributed by atoms with Gasteiger partial charge in [0.15, 0.2) is 0 Å². The second kappa shape index (κ2) is 18.5. The third-order valence-corrected chi connectivity index (χ3v) is 7.29. The monoisotopic (exact) mass is 640 g/mol. The van der Waals surface area contributed by atoms with E-state index in [1.54, 1.807) is 4.90 Å². The molecule has 18 heteroatoms. The molecule has 1 atom stereocenters. The fourth-order valence-electron chi connectivity index (χ4n) is 5.11. The maximum Gasteiger partial charge on any atom is 0.317 e. The maximum absolute atomic E-state index is 11.7. The summed E-state index contributed by atoms with van der Waals surface area (Å²) in [4.78, 5) is 76.1. The van der Waals surface area contributed by atoms with Gasteiger partial charge in [-0.1, -0.05) is 12.1 Å². The van der Waals surface area contributed by atoms with Crippen LogP contribution in [0.1, 0.15) is 5.56 Å². The Labute approximate surface area is 258 Å². The summed E-state index contributed by atoms with van der Waals surface area (Å²) >= 11 is 0. The van der Waals surface area contributed by atoms with E-state index in [0.717, 1.165) is 0 Å². The van der Waals surface area contributed by atoms with Crippen LogP contribution in [-0.2, 0) is 30.4 Å². The Kier molecular flexibility index (Phi) is 15.2. The predicted molar refractivity (Wildman–Crippen MR) is 156 cm³/mol. The maximum atomic E-state index is 11.7. The van der Waals surface area contributed by atoms with Gasteiger partial charge in [-0.2, -0.15) is 0 Å². The van der Waals surface area contributed by atoms with Crippen LogP contribution in [0.25, 0.3) is 0 Å². The van der Waals surface area contributed by atoms with Crippen LogP contribution in [0.15, 0.2) is 24.3 Å². The molecule has 1 aromatic rings. The molecule has 0 aliphatic carbocycles. The molecule has 0 radical (unpaired) electrons. The quantitative estimate of drug-likeness (QED) is 0.0848. The molecular weight excluding hydrogens is 600 g/mol. The molecule has 1 saturated heterocycles. The van der Waals surface area contributed by atoms with Crippen LogP contribution in [0.4, 0.5) is 5.69 Å². The Balaban J connectivity index is 2.31.